The van der Waals surface area contributed by atoms with E-state index in [-0.39, 0.29) is 0 Å². The lowest BCUT2D eigenvalue weighted by molar-refractivity contribution is 0.184. The van der Waals surface area contributed by atoms with Crippen LogP contribution in [0, 0.1) is 11.3 Å². The molecule has 4 aromatic rings. The van der Waals surface area contributed by atoms with Crippen molar-refractivity contribution in [1.82, 2.24) is 9.97 Å². The second-order valence-electron chi connectivity index (χ2n) is 9.94. The van der Waals surface area contributed by atoms with Gasteiger partial charge in [-0.05, 0) is 59.8 Å². The van der Waals surface area contributed by atoms with Crippen LogP contribution in [0.5, 0.6) is 0 Å². The van der Waals surface area contributed by atoms with Crippen molar-refractivity contribution < 1.29 is 0 Å². The van der Waals surface area contributed by atoms with Crippen LogP contribution >= 0.6 is 11.3 Å². The largest absolute Gasteiger partial charge is 0.260 e. The number of hydrazone groups is 1. The van der Waals surface area contributed by atoms with E-state index in [1.54, 1.807) is 6.33 Å². The molecule has 0 spiro atoms. The molecular formula is C29H32N4S. The predicted molar refractivity (Wildman–Crippen MR) is 145 cm³/mol. The lowest BCUT2D eigenvalue weighted by atomic mass is 9.69. The number of nitrogens with zero attached hydrogens (tertiary/aromatic N) is 3. The fourth-order valence-electron chi connectivity index (χ4n) is 4.88. The molecule has 0 fully saturated rings. The summed E-state index contributed by atoms with van der Waals surface area (Å²) in [5.41, 5.74) is 9.50. The van der Waals surface area contributed by atoms with Crippen LogP contribution < -0.4 is 5.43 Å². The van der Waals surface area contributed by atoms with Gasteiger partial charge in [0.25, 0.3) is 0 Å². The van der Waals surface area contributed by atoms with E-state index in [0.717, 1.165) is 40.2 Å². The highest BCUT2D eigenvalue weighted by Gasteiger charge is 2.33. The molecule has 2 aromatic heterocycles. The minimum Gasteiger partial charge on any atom is -0.260 e. The van der Waals surface area contributed by atoms with Crippen LogP contribution in [0.25, 0.3) is 21.3 Å². The number of fused-ring (bicyclic) bond motifs is 3. The van der Waals surface area contributed by atoms with E-state index in [1.165, 1.54) is 34.4 Å². The molecule has 0 unspecified atom stereocenters. The number of aryl methyl sites for hydroxylation is 1. The average Bonchev–Trinajstić information content (AvgIpc) is 3.26. The molecule has 0 saturated heterocycles. The number of thiophene rings is 1. The molecule has 1 aliphatic rings. The summed E-state index contributed by atoms with van der Waals surface area (Å²) in [6.07, 6.45) is 6.34. The normalized spacial score (nSPS) is 16.5. The SMILES string of the molecule is CCC(C)(C)[C@H]1CCc2sc3ncnc(N/N=C(/C)c4ccc(-c5ccccc5)cc4)c3c2C1. The topological polar surface area (TPSA) is 50.2 Å². The second-order valence-corrected chi connectivity index (χ2v) is 11.0. The molecule has 5 heteroatoms. The third-order valence-electron chi connectivity index (χ3n) is 7.60. The first-order valence-electron chi connectivity index (χ1n) is 12.2. The highest BCUT2D eigenvalue weighted by Crippen LogP contribution is 2.45. The minimum atomic E-state index is 0.343. The molecule has 4 nitrogen and oxygen atoms in total. The van der Waals surface area contributed by atoms with E-state index in [0.29, 0.717) is 11.3 Å². The van der Waals surface area contributed by atoms with E-state index >= 15 is 0 Å². The van der Waals surface area contributed by atoms with Crippen molar-refractivity contribution in [2.24, 2.45) is 16.4 Å². The van der Waals surface area contributed by atoms with Crippen LogP contribution in [0.2, 0.25) is 0 Å². The van der Waals surface area contributed by atoms with Crippen molar-refractivity contribution in [2.45, 2.75) is 53.4 Å². The molecule has 0 aliphatic heterocycles. The number of nitrogens with one attached hydrogen (secondary N) is 1. The highest BCUT2D eigenvalue weighted by atomic mass is 32.1. The van der Waals surface area contributed by atoms with Crippen molar-refractivity contribution >= 4 is 33.1 Å². The van der Waals surface area contributed by atoms with Crippen molar-refractivity contribution in [3.63, 3.8) is 0 Å². The maximum Gasteiger partial charge on any atom is 0.158 e. The average molecular weight is 469 g/mol. The molecule has 0 bridgehead atoms. The Kier molecular flexibility index (Phi) is 6.22. The van der Waals surface area contributed by atoms with Gasteiger partial charge in [-0.15, -0.1) is 11.3 Å². The smallest absolute Gasteiger partial charge is 0.158 e. The Labute approximate surface area is 206 Å². The Balaban J connectivity index is 1.41. The van der Waals surface area contributed by atoms with Gasteiger partial charge in [0.1, 0.15) is 11.2 Å². The molecule has 34 heavy (non-hydrogen) atoms. The molecule has 5 rings (SSSR count). The molecular weight excluding hydrogens is 436 g/mol. The van der Waals surface area contributed by atoms with Crippen molar-refractivity contribution in [2.75, 3.05) is 5.43 Å². The van der Waals surface area contributed by atoms with Gasteiger partial charge in [0.05, 0.1) is 11.1 Å². The van der Waals surface area contributed by atoms with Gasteiger partial charge in [0, 0.05) is 4.88 Å². The Hall–Kier alpha value is -3.05. The summed E-state index contributed by atoms with van der Waals surface area (Å²) in [5.74, 6) is 1.50. The van der Waals surface area contributed by atoms with Crippen LogP contribution in [0.4, 0.5) is 5.82 Å². The molecule has 0 saturated carbocycles. The zero-order valence-corrected chi connectivity index (χ0v) is 21.2. The van der Waals surface area contributed by atoms with Crippen molar-refractivity contribution in [3.8, 4) is 11.1 Å². The van der Waals surface area contributed by atoms with Gasteiger partial charge < -0.3 is 0 Å². The fraction of sp³-hybridized carbons (Fsp3) is 0.345. The molecule has 1 atom stereocenters. The van der Waals surface area contributed by atoms with Crippen LogP contribution in [0.3, 0.4) is 0 Å². The maximum absolute atomic E-state index is 4.71. The van der Waals surface area contributed by atoms with E-state index < -0.39 is 0 Å². The molecule has 2 aromatic carbocycles. The molecule has 1 aliphatic carbocycles. The Bertz CT molecular complexity index is 1320. The van der Waals surface area contributed by atoms with Gasteiger partial charge >= 0.3 is 0 Å². The van der Waals surface area contributed by atoms with Crippen LogP contribution in [-0.4, -0.2) is 15.7 Å². The third kappa shape index (κ3) is 4.37. The summed E-state index contributed by atoms with van der Waals surface area (Å²) in [5, 5.41) is 5.87. The second kappa shape index (κ2) is 9.30. The molecule has 0 radical (unpaired) electrons. The number of benzene rings is 2. The van der Waals surface area contributed by atoms with Gasteiger partial charge in [-0.1, -0.05) is 81.8 Å². The number of anilines is 1. The summed E-state index contributed by atoms with van der Waals surface area (Å²) in [4.78, 5) is 11.7. The quantitative estimate of drug-likeness (QED) is 0.233. The zero-order valence-electron chi connectivity index (χ0n) is 20.4. The van der Waals surface area contributed by atoms with Crippen LogP contribution in [0.1, 0.15) is 56.5 Å². The maximum atomic E-state index is 4.71. The number of hydrogen-bond acceptors (Lipinski definition) is 5. The van der Waals surface area contributed by atoms with E-state index in [1.807, 2.05) is 24.3 Å². The lowest BCUT2D eigenvalue weighted by Gasteiger charge is -2.36. The minimum absolute atomic E-state index is 0.343. The van der Waals surface area contributed by atoms with Gasteiger partial charge in [-0.25, -0.2) is 9.97 Å². The summed E-state index contributed by atoms with van der Waals surface area (Å²) in [6.45, 7) is 9.15. The number of hydrogen-bond donors (Lipinski definition) is 1. The predicted octanol–water partition coefficient (Wildman–Crippen LogP) is 7.74. The monoisotopic (exact) mass is 468 g/mol. The highest BCUT2D eigenvalue weighted by molar-refractivity contribution is 7.19. The van der Waals surface area contributed by atoms with Crippen molar-refractivity contribution in [1.29, 1.82) is 0 Å². The molecule has 174 valence electrons. The molecule has 0 amide bonds. The van der Waals surface area contributed by atoms with Crippen molar-refractivity contribution in [3.05, 3.63) is 76.9 Å². The third-order valence-corrected chi connectivity index (χ3v) is 8.80. The number of rotatable bonds is 6. The molecule has 1 N–H and O–H groups in total. The van der Waals surface area contributed by atoms with Gasteiger partial charge in [-0.3, -0.25) is 5.43 Å². The Morgan fingerprint density at radius 1 is 1.06 bits per heavy atom. The van der Waals surface area contributed by atoms with E-state index in [9.17, 15) is 0 Å². The first-order chi connectivity index (χ1) is 16.5. The van der Waals surface area contributed by atoms with Gasteiger partial charge in [0.2, 0.25) is 0 Å². The van der Waals surface area contributed by atoms with E-state index in [2.05, 4.69) is 84.7 Å². The standard InChI is InChI=1S/C29H32N4S/c1-5-29(3,4)23-15-16-25-24(17-23)26-27(30-18-31-28(26)34-25)33-32-19(2)20-11-13-22(14-12-20)21-9-7-6-8-10-21/h6-14,18,23H,5,15-17H2,1-4H3,(H,30,31,33)/b32-19-/t23-/m0/s1. The summed E-state index contributed by atoms with van der Waals surface area (Å²) in [6, 6.07) is 19.0. The van der Waals surface area contributed by atoms with Crippen LogP contribution in [0.15, 0.2) is 66.0 Å². The van der Waals surface area contributed by atoms with Crippen LogP contribution in [-0.2, 0) is 12.8 Å². The summed E-state index contributed by atoms with van der Waals surface area (Å²) in [7, 11) is 0. The first kappa shape index (κ1) is 22.7. The van der Waals surface area contributed by atoms with Gasteiger partial charge in [0.15, 0.2) is 5.82 Å². The Morgan fingerprint density at radius 3 is 2.53 bits per heavy atom. The fourth-order valence-corrected chi connectivity index (χ4v) is 6.07. The zero-order chi connectivity index (χ0) is 23.7. The lowest BCUT2D eigenvalue weighted by Crippen LogP contribution is -2.28. The first-order valence-corrected chi connectivity index (χ1v) is 13.0. The number of aromatic nitrogens is 2. The summed E-state index contributed by atoms with van der Waals surface area (Å²) >= 11 is 1.82. The van der Waals surface area contributed by atoms with Gasteiger partial charge in [-0.2, -0.15) is 5.10 Å². The molecule has 2 heterocycles. The summed E-state index contributed by atoms with van der Waals surface area (Å²) < 4.78 is 0. The van der Waals surface area contributed by atoms with E-state index in [4.69, 9.17) is 5.10 Å². The Morgan fingerprint density at radius 2 is 1.79 bits per heavy atom.